The van der Waals surface area contributed by atoms with Crippen molar-refractivity contribution in [3.05, 3.63) is 75.4 Å². The van der Waals surface area contributed by atoms with E-state index in [1.54, 1.807) is 24.3 Å². The van der Waals surface area contributed by atoms with E-state index < -0.39 is 11.3 Å². The minimum absolute atomic E-state index is 0.0402. The Kier molecular flexibility index (Phi) is 3.02. The van der Waals surface area contributed by atoms with Crippen LogP contribution in [0, 0.1) is 0 Å². The highest BCUT2D eigenvalue weighted by molar-refractivity contribution is 6.01. The van der Waals surface area contributed by atoms with Crippen molar-refractivity contribution in [2.75, 3.05) is 0 Å². The van der Waals surface area contributed by atoms with Crippen LogP contribution in [0.2, 0.25) is 0 Å². The topological polar surface area (TPSA) is 112 Å². The number of fused-ring (bicyclic) bond motifs is 6. The molecule has 0 spiro atoms. The van der Waals surface area contributed by atoms with Crippen LogP contribution in [-0.4, -0.2) is 15.2 Å². The van der Waals surface area contributed by atoms with E-state index in [4.69, 9.17) is 13.3 Å². The number of aromatic nitrogens is 3. The van der Waals surface area contributed by atoms with E-state index in [-0.39, 0.29) is 28.3 Å². The molecule has 2 aromatic heterocycles. The number of para-hydroxylation sites is 2. The van der Waals surface area contributed by atoms with Gasteiger partial charge in [0.25, 0.3) is 11.8 Å². The summed E-state index contributed by atoms with van der Waals surface area (Å²) in [5.41, 5.74) is 0.296. The maximum absolute atomic E-state index is 12.6. The molecule has 4 heterocycles. The minimum Gasteiger partial charge on any atom is -0.422 e. The molecule has 8 heteroatoms. The Hall–Kier alpha value is -4.33. The standard InChI is InChI=1S/C21H9N3O5/c25-20-12-9-13(21(26)28-17(12)11-6-2-4-8-15(11)27-20)18-24-23-16-10-5-1-3-7-14(10)22-19(16)29-18/h1-9H. The van der Waals surface area contributed by atoms with Crippen molar-refractivity contribution in [3.63, 3.8) is 0 Å². The maximum atomic E-state index is 12.6. The van der Waals surface area contributed by atoms with E-state index in [1.807, 2.05) is 24.3 Å². The highest BCUT2D eigenvalue weighted by atomic mass is 16.4. The molecule has 0 fully saturated rings. The van der Waals surface area contributed by atoms with Crippen LogP contribution in [0.1, 0.15) is 0 Å². The first-order valence-electron chi connectivity index (χ1n) is 8.71. The van der Waals surface area contributed by atoms with E-state index in [2.05, 4.69) is 15.2 Å². The zero-order valence-electron chi connectivity index (χ0n) is 14.6. The van der Waals surface area contributed by atoms with E-state index in [0.717, 1.165) is 5.39 Å². The summed E-state index contributed by atoms with van der Waals surface area (Å²) in [7, 11) is 0. The summed E-state index contributed by atoms with van der Waals surface area (Å²) in [6.07, 6.45) is 0. The van der Waals surface area contributed by atoms with E-state index >= 15 is 0 Å². The van der Waals surface area contributed by atoms with Crippen molar-refractivity contribution >= 4 is 32.8 Å². The average Bonchev–Trinajstić information content (AvgIpc) is 3.11. The zero-order valence-corrected chi connectivity index (χ0v) is 14.6. The van der Waals surface area contributed by atoms with Crippen LogP contribution in [0.3, 0.4) is 0 Å². The molecule has 2 aliphatic heterocycles. The van der Waals surface area contributed by atoms with E-state index in [1.165, 1.54) is 6.07 Å². The summed E-state index contributed by atoms with van der Waals surface area (Å²) in [5, 5.41) is 9.58. The second kappa shape index (κ2) is 5.59. The van der Waals surface area contributed by atoms with Gasteiger partial charge in [-0.25, -0.2) is 14.6 Å². The molecule has 0 saturated heterocycles. The first-order chi connectivity index (χ1) is 14.2. The van der Waals surface area contributed by atoms with Gasteiger partial charge in [-0.15, -0.1) is 10.2 Å². The molecule has 0 amide bonds. The molecule has 138 valence electrons. The van der Waals surface area contributed by atoms with Crippen LogP contribution in [0.5, 0.6) is 0 Å². The molecule has 2 aromatic carbocycles. The molecule has 0 radical (unpaired) electrons. The van der Waals surface area contributed by atoms with Crippen LogP contribution in [-0.2, 0) is 0 Å². The van der Waals surface area contributed by atoms with Crippen molar-refractivity contribution < 1.29 is 13.3 Å². The highest BCUT2D eigenvalue weighted by Crippen LogP contribution is 2.31. The third-order valence-electron chi connectivity index (χ3n) is 4.75. The monoisotopic (exact) mass is 383 g/mol. The Morgan fingerprint density at radius 3 is 2.38 bits per heavy atom. The molecule has 0 aliphatic carbocycles. The van der Waals surface area contributed by atoms with Crippen LogP contribution in [0.4, 0.5) is 0 Å². The van der Waals surface area contributed by atoms with Crippen LogP contribution < -0.4 is 11.3 Å². The molecule has 0 bridgehead atoms. The fourth-order valence-electron chi connectivity index (χ4n) is 3.40. The predicted octanol–water partition coefficient (Wildman–Crippen LogP) is 3.60. The van der Waals surface area contributed by atoms with Gasteiger partial charge in [0.2, 0.25) is 0 Å². The molecule has 6 rings (SSSR count). The second-order valence-corrected chi connectivity index (χ2v) is 6.47. The smallest absolute Gasteiger partial charge is 0.349 e. The van der Waals surface area contributed by atoms with Crippen molar-refractivity contribution in [2.45, 2.75) is 0 Å². The summed E-state index contributed by atoms with van der Waals surface area (Å²) < 4.78 is 16.5. The van der Waals surface area contributed by atoms with Crippen LogP contribution >= 0.6 is 0 Å². The third kappa shape index (κ3) is 2.23. The van der Waals surface area contributed by atoms with Gasteiger partial charge in [0.1, 0.15) is 16.5 Å². The number of hydrogen-bond donors (Lipinski definition) is 0. The Balaban J connectivity index is 1.64. The van der Waals surface area contributed by atoms with Gasteiger partial charge in [-0.2, -0.15) is 0 Å². The molecule has 8 nitrogen and oxygen atoms in total. The van der Waals surface area contributed by atoms with Crippen LogP contribution in [0.15, 0.2) is 77.4 Å². The van der Waals surface area contributed by atoms with Gasteiger partial charge >= 0.3 is 11.3 Å². The molecule has 29 heavy (non-hydrogen) atoms. The number of hydrogen-bond acceptors (Lipinski definition) is 8. The Morgan fingerprint density at radius 1 is 0.690 bits per heavy atom. The minimum atomic E-state index is -0.707. The van der Waals surface area contributed by atoms with Gasteiger partial charge in [0.05, 0.1) is 10.9 Å². The Bertz CT molecular complexity index is 1660. The number of benzene rings is 2. The SMILES string of the molecule is O=c1oc2c(cc1-c1nnc3c4ccccc4nc-3o1)c(=O)oc1ccccc12. The van der Waals surface area contributed by atoms with Gasteiger partial charge < -0.3 is 13.3 Å². The Labute approximate surface area is 160 Å². The quantitative estimate of drug-likeness (QED) is 0.313. The lowest BCUT2D eigenvalue weighted by Gasteiger charge is -2.04. The molecule has 0 unspecified atom stereocenters. The van der Waals surface area contributed by atoms with Gasteiger partial charge in [-0.1, -0.05) is 30.3 Å². The lowest BCUT2D eigenvalue weighted by Crippen LogP contribution is -2.09. The van der Waals surface area contributed by atoms with Gasteiger partial charge in [-0.3, -0.25) is 0 Å². The summed E-state index contributed by atoms with van der Waals surface area (Å²) in [6.45, 7) is 0. The van der Waals surface area contributed by atoms with E-state index in [9.17, 15) is 9.59 Å². The zero-order chi connectivity index (χ0) is 19.5. The molecule has 0 atom stereocenters. The first kappa shape index (κ1) is 15.7. The van der Waals surface area contributed by atoms with Gasteiger partial charge in [-0.05, 0) is 24.3 Å². The third-order valence-corrected chi connectivity index (χ3v) is 4.75. The second-order valence-electron chi connectivity index (χ2n) is 6.47. The van der Waals surface area contributed by atoms with Crippen molar-refractivity contribution in [2.24, 2.45) is 0 Å². The van der Waals surface area contributed by atoms with Crippen molar-refractivity contribution in [3.8, 4) is 23.0 Å². The molecule has 4 aromatic rings. The highest BCUT2D eigenvalue weighted by Gasteiger charge is 2.21. The molecule has 0 N–H and O–H groups in total. The lowest BCUT2D eigenvalue weighted by molar-refractivity contribution is 0.515. The normalized spacial score (nSPS) is 11.7. The summed E-state index contributed by atoms with van der Waals surface area (Å²) in [4.78, 5) is 29.4. The number of nitrogens with zero attached hydrogens (tertiary/aromatic N) is 3. The Morgan fingerprint density at radius 2 is 1.48 bits per heavy atom. The summed E-state index contributed by atoms with van der Waals surface area (Å²) in [6, 6.07) is 15.6. The number of rotatable bonds is 1. The predicted molar refractivity (Wildman–Crippen MR) is 104 cm³/mol. The molecular weight excluding hydrogens is 374 g/mol. The fourth-order valence-corrected chi connectivity index (χ4v) is 3.40. The fraction of sp³-hybridized carbons (Fsp3) is 0. The van der Waals surface area contributed by atoms with Crippen molar-refractivity contribution in [1.82, 2.24) is 15.2 Å². The first-order valence-corrected chi connectivity index (χ1v) is 8.71. The molecule has 0 saturated carbocycles. The summed E-state index contributed by atoms with van der Waals surface area (Å²) in [5.74, 6) is 0.143. The van der Waals surface area contributed by atoms with Gasteiger partial charge in [0.15, 0.2) is 11.3 Å². The van der Waals surface area contributed by atoms with E-state index in [0.29, 0.717) is 22.2 Å². The van der Waals surface area contributed by atoms with Crippen LogP contribution in [0.25, 0.3) is 55.9 Å². The average molecular weight is 383 g/mol. The largest absolute Gasteiger partial charge is 0.422 e. The molecule has 2 aliphatic rings. The lowest BCUT2D eigenvalue weighted by atomic mass is 10.1. The summed E-state index contributed by atoms with van der Waals surface area (Å²) >= 11 is 0. The van der Waals surface area contributed by atoms with Crippen molar-refractivity contribution in [1.29, 1.82) is 0 Å². The van der Waals surface area contributed by atoms with Gasteiger partial charge in [0, 0.05) is 5.39 Å². The molecular formula is C21H9N3O5. The maximum Gasteiger partial charge on any atom is 0.349 e.